The normalized spacial score (nSPS) is 9.62. The molecule has 0 fully saturated rings. The zero-order valence-corrected chi connectivity index (χ0v) is 7.56. The van der Waals surface area contributed by atoms with Gasteiger partial charge in [0.25, 0.3) is 0 Å². The minimum Gasteiger partial charge on any atom is -0.460 e. The third-order valence-electron chi connectivity index (χ3n) is 1.50. The molecule has 13 heavy (non-hydrogen) atoms. The summed E-state index contributed by atoms with van der Waals surface area (Å²) >= 11 is 0. The molecule has 0 amide bonds. The van der Waals surface area contributed by atoms with Crippen molar-refractivity contribution in [3.8, 4) is 0 Å². The highest BCUT2D eigenvalue weighted by Crippen LogP contribution is 2.00. The van der Waals surface area contributed by atoms with Crippen molar-refractivity contribution in [1.82, 2.24) is 9.55 Å². The van der Waals surface area contributed by atoms with Gasteiger partial charge < -0.3 is 9.30 Å². The van der Waals surface area contributed by atoms with Crippen LogP contribution in [0.1, 0.15) is 17.5 Å². The maximum atomic E-state index is 11.3. The Morgan fingerprint density at radius 1 is 1.85 bits per heavy atom. The maximum Gasteiger partial charge on any atom is 0.374 e. The number of ether oxygens (including phenoxy) is 1. The highest BCUT2D eigenvalue weighted by atomic mass is 16.5. The van der Waals surface area contributed by atoms with Gasteiger partial charge in [0, 0.05) is 18.9 Å². The van der Waals surface area contributed by atoms with Crippen molar-refractivity contribution in [2.75, 3.05) is 6.61 Å². The van der Waals surface area contributed by atoms with E-state index in [0.29, 0.717) is 19.0 Å². The van der Waals surface area contributed by atoms with Crippen molar-refractivity contribution in [1.29, 1.82) is 0 Å². The van der Waals surface area contributed by atoms with Gasteiger partial charge in [0.05, 0.1) is 6.61 Å². The number of carbonyl (C=O) groups excluding carboxylic acids is 1. The van der Waals surface area contributed by atoms with Gasteiger partial charge in [-0.2, -0.15) is 0 Å². The van der Waals surface area contributed by atoms with E-state index in [9.17, 15) is 4.79 Å². The summed E-state index contributed by atoms with van der Waals surface area (Å²) in [6.07, 6.45) is 4.98. The average molecular weight is 180 g/mol. The van der Waals surface area contributed by atoms with Crippen molar-refractivity contribution < 1.29 is 9.53 Å². The predicted octanol–water partition coefficient (Wildman–Crippen LogP) is 1.25. The quantitative estimate of drug-likeness (QED) is 0.517. The topological polar surface area (TPSA) is 44.1 Å². The number of allylic oxidation sites excluding steroid dienone is 1. The number of hydrogen-bond donors (Lipinski definition) is 0. The van der Waals surface area contributed by atoms with Gasteiger partial charge in [-0.25, -0.2) is 9.78 Å². The van der Waals surface area contributed by atoms with E-state index in [1.165, 1.54) is 0 Å². The van der Waals surface area contributed by atoms with Gasteiger partial charge in [-0.15, -0.1) is 6.58 Å². The van der Waals surface area contributed by atoms with Crippen LogP contribution in [0.5, 0.6) is 0 Å². The number of rotatable bonds is 4. The van der Waals surface area contributed by atoms with Gasteiger partial charge >= 0.3 is 5.97 Å². The van der Waals surface area contributed by atoms with Crippen LogP contribution in [0.25, 0.3) is 0 Å². The summed E-state index contributed by atoms with van der Waals surface area (Å²) in [5.74, 6) is -0.0731. The number of carbonyl (C=O) groups is 1. The van der Waals surface area contributed by atoms with Gasteiger partial charge in [0.1, 0.15) is 0 Å². The molecule has 0 bridgehead atoms. The number of esters is 1. The summed E-state index contributed by atoms with van der Waals surface area (Å²) < 4.78 is 6.50. The Morgan fingerprint density at radius 2 is 2.62 bits per heavy atom. The second kappa shape index (κ2) is 4.45. The van der Waals surface area contributed by atoms with Gasteiger partial charge in [0.2, 0.25) is 5.82 Å². The van der Waals surface area contributed by atoms with Crippen LogP contribution in [0.15, 0.2) is 25.0 Å². The molecule has 0 aromatic carbocycles. The van der Waals surface area contributed by atoms with Crippen molar-refractivity contribution in [2.24, 2.45) is 0 Å². The summed E-state index contributed by atoms with van der Waals surface area (Å²) in [4.78, 5) is 15.2. The lowest BCUT2D eigenvalue weighted by Gasteiger charge is -2.03. The largest absolute Gasteiger partial charge is 0.460 e. The molecule has 0 aliphatic rings. The number of nitrogens with zero attached hydrogens (tertiary/aromatic N) is 2. The van der Waals surface area contributed by atoms with Crippen LogP contribution in [0, 0.1) is 0 Å². The third-order valence-corrected chi connectivity index (χ3v) is 1.50. The lowest BCUT2D eigenvalue weighted by atomic mass is 10.5. The van der Waals surface area contributed by atoms with Crippen molar-refractivity contribution >= 4 is 5.97 Å². The molecular formula is C9H12N2O2. The average Bonchev–Trinajstić information content (AvgIpc) is 2.54. The van der Waals surface area contributed by atoms with Crippen LogP contribution < -0.4 is 0 Å². The highest BCUT2D eigenvalue weighted by molar-refractivity contribution is 5.85. The fraction of sp³-hybridized carbons (Fsp3) is 0.333. The van der Waals surface area contributed by atoms with Crippen LogP contribution in [0.4, 0.5) is 0 Å². The van der Waals surface area contributed by atoms with Gasteiger partial charge in [-0.05, 0) is 6.92 Å². The standard InChI is InChI=1S/C9H12N2O2/c1-3-6-11-7-5-10-8(11)9(12)13-4-2/h3,5,7H,1,4,6H2,2H3. The molecule has 0 unspecified atom stereocenters. The van der Waals surface area contributed by atoms with E-state index in [1.807, 2.05) is 0 Å². The molecule has 0 aliphatic carbocycles. The molecule has 0 atom stereocenters. The molecule has 0 aliphatic heterocycles. The summed E-state index contributed by atoms with van der Waals surface area (Å²) in [5.41, 5.74) is 0. The number of hydrogen-bond acceptors (Lipinski definition) is 3. The molecule has 0 saturated carbocycles. The van der Waals surface area contributed by atoms with E-state index in [2.05, 4.69) is 11.6 Å². The summed E-state index contributed by atoms with van der Waals surface area (Å²) in [7, 11) is 0. The Hall–Kier alpha value is -1.58. The second-order valence-electron chi connectivity index (χ2n) is 2.41. The first-order valence-corrected chi connectivity index (χ1v) is 4.08. The van der Waals surface area contributed by atoms with Crippen molar-refractivity contribution in [2.45, 2.75) is 13.5 Å². The molecule has 1 heterocycles. The number of imidazole rings is 1. The van der Waals surface area contributed by atoms with Crippen molar-refractivity contribution in [3.05, 3.63) is 30.9 Å². The van der Waals surface area contributed by atoms with Crippen LogP contribution in [0.2, 0.25) is 0 Å². The van der Waals surface area contributed by atoms with E-state index in [1.54, 1.807) is 30.0 Å². The minimum atomic E-state index is -0.394. The summed E-state index contributed by atoms with van der Waals surface area (Å²) in [6, 6.07) is 0. The smallest absolute Gasteiger partial charge is 0.374 e. The Morgan fingerprint density at radius 3 is 3.23 bits per heavy atom. The van der Waals surface area contributed by atoms with Gasteiger partial charge in [0.15, 0.2) is 0 Å². The molecule has 1 rings (SSSR count). The first-order chi connectivity index (χ1) is 6.29. The first-order valence-electron chi connectivity index (χ1n) is 4.08. The Labute approximate surface area is 76.8 Å². The molecule has 0 N–H and O–H groups in total. The fourth-order valence-corrected chi connectivity index (χ4v) is 0.981. The fourth-order valence-electron chi connectivity index (χ4n) is 0.981. The van der Waals surface area contributed by atoms with E-state index in [4.69, 9.17) is 4.74 Å². The monoisotopic (exact) mass is 180 g/mol. The minimum absolute atomic E-state index is 0.321. The number of aromatic nitrogens is 2. The van der Waals surface area contributed by atoms with E-state index in [0.717, 1.165) is 0 Å². The first kappa shape index (κ1) is 9.51. The lowest BCUT2D eigenvalue weighted by Crippen LogP contribution is -2.12. The zero-order valence-electron chi connectivity index (χ0n) is 7.56. The van der Waals surface area contributed by atoms with E-state index < -0.39 is 5.97 Å². The Balaban J connectivity index is 2.80. The Kier molecular flexibility index (Phi) is 3.25. The zero-order chi connectivity index (χ0) is 9.68. The SMILES string of the molecule is C=CCn1ccnc1C(=O)OCC. The highest BCUT2D eigenvalue weighted by Gasteiger charge is 2.12. The molecule has 0 radical (unpaired) electrons. The van der Waals surface area contributed by atoms with Crippen LogP contribution in [-0.4, -0.2) is 22.1 Å². The molecule has 1 aromatic heterocycles. The third kappa shape index (κ3) is 2.18. The Bertz CT molecular complexity index is 304. The molecule has 4 nitrogen and oxygen atoms in total. The van der Waals surface area contributed by atoms with Gasteiger partial charge in [-0.1, -0.05) is 6.08 Å². The van der Waals surface area contributed by atoms with Crippen molar-refractivity contribution in [3.63, 3.8) is 0 Å². The van der Waals surface area contributed by atoms with E-state index >= 15 is 0 Å². The lowest BCUT2D eigenvalue weighted by molar-refractivity contribution is 0.0507. The molecule has 1 aromatic rings. The summed E-state index contributed by atoms with van der Waals surface area (Å²) in [5, 5.41) is 0. The van der Waals surface area contributed by atoms with Crippen LogP contribution in [0.3, 0.4) is 0 Å². The molecule has 0 saturated heterocycles. The predicted molar refractivity (Wildman–Crippen MR) is 48.4 cm³/mol. The van der Waals surface area contributed by atoms with Gasteiger partial charge in [-0.3, -0.25) is 0 Å². The van der Waals surface area contributed by atoms with Crippen LogP contribution in [-0.2, 0) is 11.3 Å². The summed E-state index contributed by atoms with van der Waals surface area (Å²) in [6.45, 7) is 6.27. The molecule has 4 heteroatoms. The van der Waals surface area contributed by atoms with Crippen LogP contribution >= 0.6 is 0 Å². The molecule has 70 valence electrons. The second-order valence-corrected chi connectivity index (χ2v) is 2.41. The molecular weight excluding hydrogens is 168 g/mol. The maximum absolute atomic E-state index is 11.3. The molecule has 0 spiro atoms. The van der Waals surface area contributed by atoms with E-state index in [-0.39, 0.29) is 0 Å².